The number of pyridine rings is 1. The predicted molar refractivity (Wildman–Crippen MR) is 178 cm³/mol. The Kier molecular flexibility index (Phi) is 11.0. The third-order valence-electron chi connectivity index (χ3n) is 8.07. The van der Waals surface area contributed by atoms with Gasteiger partial charge >= 0.3 is 12.1 Å². The Labute approximate surface area is 284 Å². The summed E-state index contributed by atoms with van der Waals surface area (Å²) >= 11 is 6.60. The van der Waals surface area contributed by atoms with Crippen molar-refractivity contribution in [3.05, 3.63) is 86.2 Å². The minimum absolute atomic E-state index is 0.186. The number of aliphatic carboxylic acids is 1. The molecule has 0 spiro atoms. The predicted octanol–water partition coefficient (Wildman–Crippen LogP) is 6.67. The third kappa shape index (κ3) is 8.84. The number of aromatic amines is 1. The zero-order valence-corrected chi connectivity index (χ0v) is 27.5. The minimum atomic E-state index is -5.08. The molecule has 0 bridgehead atoms. The number of nitrogens with one attached hydrogen (secondary N) is 3. The lowest BCUT2D eigenvalue weighted by atomic mass is 9.98. The molecule has 14 heteroatoms. The first kappa shape index (κ1) is 35.6. The van der Waals surface area contributed by atoms with Crippen LogP contribution in [-0.2, 0) is 11.3 Å². The van der Waals surface area contributed by atoms with E-state index in [9.17, 15) is 22.8 Å². The number of rotatable bonds is 8. The maximum Gasteiger partial charge on any atom is 0.490 e. The van der Waals surface area contributed by atoms with Crippen LogP contribution < -0.4 is 30.4 Å². The molecule has 1 amide bonds. The van der Waals surface area contributed by atoms with E-state index in [1.165, 1.54) is 12.8 Å². The summed E-state index contributed by atoms with van der Waals surface area (Å²) in [6, 6.07) is 15.3. The Morgan fingerprint density at radius 1 is 1.04 bits per heavy atom. The Morgan fingerprint density at radius 3 is 2.43 bits per heavy atom. The van der Waals surface area contributed by atoms with E-state index >= 15 is 0 Å². The number of hydrogen-bond donors (Lipinski definition) is 4. The van der Waals surface area contributed by atoms with Crippen molar-refractivity contribution in [2.75, 3.05) is 19.9 Å². The SMILES string of the molecule is Cc1cc(C)cc(-c2c(OCCC3CCCCN3)c3cc(C(=O)NCc4ccc5c(c4)OCO5)c(Cl)cc3[nH]c2=O)c1.O=C(O)C(F)(F)F. The van der Waals surface area contributed by atoms with Gasteiger partial charge in [-0.05, 0) is 75.0 Å². The van der Waals surface area contributed by atoms with Crippen LogP contribution in [0.5, 0.6) is 17.2 Å². The molecule has 1 fully saturated rings. The molecule has 1 atom stereocenters. The lowest BCUT2D eigenvalue weighted by Crippen LogP contribution is -2.35. The third-order valence-corrected chi connectivity index (χ3v) is 8.38. The molecule has 0 radical (unpaired) electrons. The van der Waals surface area contributed by atoms with Crippen LogP contribution in [0.2, 0.25) is 5.02 Å². The highest BCUT2D eigenvalue weighted by Gasteiger charge is 2.38. The normalized spacial score (nSPS) is 15.3. The summed E-state index contributed by atoms with van der Waals surface area (Å²) in [5.74, 6) is -1.30. The van der Waals surface area contributed by atoms with E-state index in [0.29, 0.717) is 51.9 Å². The molecule has 49 heavy (non-hydrogen) atoms. The summed E-state index contributed by atoms with van der Waals surface area (Å²) in [6.45, 7) is 5.91. The Morgan fingerprint density at radius 2 is 1.76 bits per heavy atom. The number of benzene rings is 3. The molecule has 2 aliphatic heterocycles. The average Bonchev–Trinajstić information content (AvgIpc) is 3.51. The molecule has 3 aromatic carbocycles. The molecule has 3 heterocycles. The number of amides is 1. The topological polar surface area (TPSA) is 139 Å². The first-order chi connectivity index (χ1) is 23.3. The van der Waals surface area contributed by atoms with Crippen molar-refractivity contribution in [1.82, 2.24) is 15.6 Å². The van der Waals surface area contributed by atoms with Crippen molar-refractivity contribution in [3.8, 4) is 28.4 Å². The number of ether oxygens (including phenoxy) is 3. The number of halogens is 4. The molecule has 1 aromatic heterocycles. The number of carbonyl (C=O) groups is 2. The number of aromatic nitrogens is 1. The molecule has 4 N–H and O–H groups in total. The number of fused-ring (bicyclic) bond motifs is 2. The average molecular weight is 702 g/mol. The van der Waals surface area contributed by atoms with Crippen LogP contribution in [0.3, 0.4) is 0 Å². The van der Waals surface area contributed by atoms with Crippen molar-refractivity contribution in [1.29, 1.82) is 0 Å². The van der Waals surface area contributed by atoms with Crippen LogP contribution in [0.25, 0.3) is 22.0 Å². The molecule has 4 aromatic rings. The molecule has 10 nitrogen and oxygen atoms in total. The van der Waals surface area contributed by atoms with E-state index in [-0.39, 0.29) is 29.8 Å². The van der Waals surface area contributed by atoms with E-state index in [1.807, 2.05) is 44.2 Å². The summed E-state index contributed by atoms with van der Waals surface area (Å²) in [5, 5.41) is 14.5. The van der Waals surface area contributed by atoms with Gasteiger partial charge in [-0.3, -0.25) is 9.59 Å². The fourth-order valence-corrected chi connectivity index (χ4v) is 6.04. The lowest BCUT2D eigenvalue weighted by molar-refractivity contribution is -0.192. The van der Waals surface area contributed by atoms with E-state index in [2.05, 4.69) is 21.7 Å². The van der Waals surface area contributed by atoms with Gasteiger partial charge in [0.1, 0.15) is 5.75 Å². The molecule has 0 aliphatic carbocycles. The Bertz CT molecular complexity index is 1900. The fraction of sp³-hybridized carbons (Fsp3) is 0.343. The van der Waals surface area contributed by atoms with E-state index in [4.69, 9.17) is 35.7 Å². The minimum Gasteiger partial charge on any atom is -0.492 e. The number of carboxylic acid groups (broad SMARTS) is 1. The van der Waals surface area contributed by atoms with E-state index in [0.717, 1.165) is 41.6 Å². The number of carboxylic acids is 1. The second-order valence-electron chi connectivity index (χ2n) is 11.9. The molecule has 0 saturated carbocycles. The highest BCUT2D eigenvalue weighted by Crippen LogP contribution is 2.37. The van der Waals surface area contributed by atoms with Gasteiger partial charge in [-0.15, -0.1) is 0 Å². The second kappa shape index (κ2) is 15.2. The standard InChI is InChI=1S/C33H34ClN3O5.C2HF3O2/c1-19-11-20(2)13-22(12-19)30-31(40-10-8-23-5-3-4-9-35-23)25-15-24(26(34)16-27(25)37-33(30)39)32(38)36-17-21-6-7-28-29(14-21)42-18-41-28;3-2(4,5)1(6)7/h6-7,11-16,23,35H,3-5,8-10,17-18H2,1-2H3,(H,36,38)(H,37,39);(H,6,7). The summed E-state index contributed by atoms with van der Waals surface area (Å²) in [4.78, 5) is 38.8. The lowest BCUT2D eigenvalue weighted by Gasteiger charge is -2.24. The Hall–Kier alpha value is -4.75. The van der Waals surface area contributed by atoms with Crippen molar-refractivity contribution in [3.63, 3.8) is 0 Å². The highest BCUT2D eigenvalue weighted by molar-refractivity contribution is 6.34. The van der Waals surface area contributed by atoms with Gasteiger partial charge in [0.25, 0.3) is 11.5 Å². The van der Waals surface area contributed by atoms with Gasteiger partial charge < -0.3 is 34.9 Å². The van der Waals surface area contributed by atoms with Crippen LogP contribution in [0, 0.1) is 13.8 Å². The number of carbonyl (C=O) groups excluding carboxylic acids is 1. The van der Waals surface area contributed by atoms with Gasteiger partial charge in [0.15, 0.2) is 11.5 Å². The smallest absolute Gasteiger partial charge is 0.490 e. The molecule has 2 aliphatic rings. The molecular formula is C35H35ClF3N3O7. The van der Waals surface area contributed by atoms with Crippen LogP contribution in [0.1, 0.15) is 52.7 Å². The van der Waals surface area contributed by atoms with E-state index in [1.54, 1.807) is 12.1 Å². The first-order valence-electron chi connectivity index (χ1n) is 15.6. The maximum atomic E-state index is 13.5. The van der Waals surface area contributed by atoms with Gasteiger partial charge in [0.05, 0.1) is 28.3 Å². The summed E-state index contributed by atoms with van der Waals surface area (Å²) in [7, 11) is 0. The van der Waals surface area contributed by atoms with Crippen LogP contribution >= 0.6 is 11.6 Å². The number of piperidine rings is 1. The van der Waals surface area contributed by atoms with Gasteiger partial charge in [0.2, 0.25) is 6.79 Å². The van der Waals surface area contributed by atoms with Crippen LogP contribution in [0.4, 0.5) is 13.2 Å². The number of aryl methyl sites for hydroxylation is 2. The molecule has 1 unspecified atom stereocenters. The zero-order valence-electron chi connectivity index (χ0n) is 26.8. The number of hydrogen-bond acceptors (Lipinski definition) is 7. The van der Waals surface area contributed by atoms with Crippen LogP contribution in [0.15, 0.2) is 53.3 Å². The van der Waals surface area contributed by atoms with Gasteiger partial charge in [-0.2, -0.15) is 13.2 Å². The van der Waals surface area contributed by atoms with Crippen LogP contribution in [-0.4, -0.2) is 54.1 Å². The van der Waals surface area contributed by atoms with Gasteiger partial charge in [-0.25, -0.2) is 4.79 Å². The first-order valence-corrected chi connectivity index (χ1v) is 16.0. The molecule has 1 saturated heterocycles. The van der Waals surface area contributed by atoms with Gasteiger partial charge in [0, 0.05) is 18.0 Å². The second-order valence-corrected chi connectivity index (χ2v) is 12.3. The monoisotopic (exact) mass is 701 g/mol. The largest absolute Gasteiger partial charge is 0.492 e. The molecule has 260 valence electrons. The summed E-state index contributed by atoms with van der Waals surface area (Å²) < 4.78 is 49.0. The Balaban J connectivity index is 0.000000606. The highest BCUT2D eigenvalue weighted by atomic mass is 35.5. The van der Waals surface area contributed by atoms with Gasteiger partial charge in [-0.1, -0.05) is 53.4 Å². The molecular weight excluding hydrogens is 667 g/mol. The summed E-state index contributed by atoms with van der Waals surface area (Å²) in [5.41, 5.74) is 4.70. The zero-order chi connectivity index (χ0) is 35.3. The number of H-pyrrole nitrogens is 1. The number of alkyl halides is 3. The fourth-order valence-electron chi connectivity index (χ4n) is 5.79. The van der Waals surface area contributed by atoms with Crippen molar-refractivity contribution in [2.45, 2.75) is 58.3 Å². The van der Waals surface area contributed by atoms with Crippen molar-refractivity contribution >= 4 is 34.4 Å². The van der Waals surface area contributed by atoms with E-state index < -0.39 is 12.1 Å². The molecule has 6 rings (SSSR count). The van der Waals surface area contributed by atoms with Crippen molar-refractivity contribution in [2.24, 2.45) is 0 Å². The summed E-state index contributed by atoms with van der Waals surface area (Å²) in [6.07, 6.45) is -0.778. The quantitative estimate of drug-likeness (QED) is 0.160. The maximum absolute atomic E-state index is 13.5. The van der Waals surface area contributed by atoms with Crippen molar-refractivity contribution < 1.29 is 42.1 Å².